The molecule has 1 aliphatic rings. The van der Waals surface area contributed by atoms with E-state index in [-0.39, 0.29) is 11.1 Å². The molecule has 0 aromatic carbocycles. The molecule has 1 saturated carbocycles. The third-order valence-corrected chi connectivity index (χ3v) is 4.55. The van der Waals surface area contributed by atoms with Crippen LogP contribution in [0.5, 0.6) is 0 Å². The Morgan fingerprint density at radius 3 is 2.67 bits per heavy atom. The van der Waals surface area contributed by atoms with E-state index in [2.05, 4.69) is 9.88 Å². The molecule has 1 heterocycles. The van der Waals surface area contributed by atoms with E-state index >= 15 is 0 Å². The lowest BCUT2D eigenvalue weighted by atomic mass is 9.84. The van der Waals surface area contributed by atoms with Crippen molar-refractivity contribution in [2.75, 3.05) is 18.5 Å². The van der Waals surface area contributed by atoms with Crippen LogP contribution >= 0.6 is 0 Å². The maximum absolute atomic E-state index is 12.7. The molecule has 0 spiro atoms. The summed E-state index contributed by atoms with van der Waals surface area (Å²) in [6.45, 7) is 6.76. The molecule has 1 fully saturated rings. The lowest BCUT2D eigenvalue weighted by Crippen LogP contribution is -2.47. The van der Waals surface area contributed by atoms with Crippen LogP contribution in [0.4, 0.5) is 5.82 Å². The standard InChI is InChI=1S/C16H28N4O/c1-16(2,3)20-10-9-18-14(15(20)21)19(4)13-8-6-5-7-12(13)11-17/h9-10,12-13H,5-8,11,17H2,1-4H3. The van der Waals surface area contributed by atoms with Gasteiger partial charge in [-0.15, -0.1) is 0 Å². The summed E-state index contributed by atoms with van der Waals surface area (Å²) in [6, 6.07) is 0.319. The third-order valence-electron chi connectivity index (χ3n) is 4.55. The van der Waals surface area contributed by atoms with Gasteiger partial charge < -0.3 is 15.2 Å². The summed E-state index contributed by atoms with van der Waals surface area (Å²) < 4.78 is 1.76. The van der Waals surface area contributed by atoms with Gasteiger partial charge in [0.1, 0.15) is 0 Å². The number of hydrogen-bond donors (Lipinski definition) is 1. The second-order valence-corrected chi connectivity index (χ2v) is 7.06. The number of nitrogens with two attached hydrogens (primary N) is 1. The molecule has 0 amide bonds. The SMILES string of the molecule is CN(c1nccn(C(C)(C)C)c1=O)C1CCCCC1CN. The van der Waals surface area contributed by atoms with E-state index < -0.39 is 0 Å². The molecule has 21 heavy (non-hydrogen) atoms. The predicted octanol–water partition coefficient (Wildman–Crippen LogP) is 1.95. The molecule has 0 aliphatic heterocycles. The highest BCUT2D eigenvalue weighted by Crippen LogP contribution is 2.28. The van der Waals surface area contributed by atoms with Crippen LogP contribution in [-0.2, 0) is 5.54 Å². The minimum atomic E-state index is -0.241. The average Bonchev–Trinajstić information content (AvgIpc) is 2.45. The highest BCUT2D eigenvalue weighted by molar-refractivity contribution is 5.36. The van der Waals surface area contributed by atoms with Gasteiger partial charge in [-0.05, 0) is 46.1 Å². The van der Waals surface area contributed by atoms with Crippen LogP contribution in [0.2, 0.25) is 0 Å². The average molecular weight is 292 g/mol. The molecule has 2 atom stereocenters. The Balaban J connectivity index is 2.35. The number of aromatic nitrogens is 2. The van der Waals surface area contributed by atoms with E-state index in [0.717, 1.165) is 12.8 Å². The predicted molar refractivity (Wildman–Crippen MR) is 86.7 cm³/mol. The molecular formula is C16H28N4O. The fraction of sp³-hybridized carbons (Fsp3) is 0.750. The van der Waals surface area contributed by atoms with Crippen LogP contribution in [0.15, 0.2) is 17.2 Å². The third kappa shape index (κ3) is 3.28. The fourth-order valence-electron chi connectivity index (χ4n) is 3.30. The molecule has 5 heteroatoms. The lowest BCUT2D eigenvalue weighted by Gasteiger charge is -2.38. The second-order valence-electron chi connectivity index (χ2n) is 7.06. The Kier molecular flexibility index (Phi) is 4.71. The Morgan fingerprint density at radius 2 is 2.05 bits per heavy atom. The van der Waals surface area contributed by atoms with Crippen LogP contribution in [-0.4, -0.2) is 29.2 Å². The van der Waals surface area contributed by atoms with Crippen molar-refractivity contribution in [2.45, 2.75) is 58.0 Å². The first kappa shape index (κ1) is 16.0. The van der Waals surface area contributed by atoms with E-state index in [4.69, 9.17) is 5.73 Å². The number of rotatable bonds is 3. The molecule has 0 bridgehead atoms. The van der Waals surface area contributed by atoms with Gasteiger partial charge in [-0.2, -0.15) is 0 Å². The second kappa shape index (κ2) is 6.18. The van der Waals surface area contributed by atoms with Crippen LogP contribution in [0.25, 0.3) is 0 Å². The molecule has 0 saturated heterocycles. The zero-order chi connectivity index (χ0) is 15.6. The molecular weight excluding hydrogens is 264 g/mol. The molecule has 0 radical (unpaired) electrons. The van der Waals surface area contributed by atoms with Crippen LogP contribution in [0.1, 0.15) is 46.5 Å². The zero-order valence-corrected chi connectivity index (χ0v) is 13.7. The van der Waals surface area contributed by atoms with Gasteiger partial charge in [0.05, 0.1) is 0 Å². The van der Waals surface area contributed by atoms with Gasteiger partial charge in [0.15, 0.2) is 5.82 Å². The monoisotopic (exact) mass is 292 g/mol. The lowest BCUT2D eigenvalue weighted by molar-refractivity contribution is 0.304. The number of anilines is 1. The Morgan fingerprint density at radius 1 is 1.38 bits per heavy atom. The summed E-state index contributed by atoms with van der Waals surface area (Å²) in [5, 5.41) is 0. The van der Waals surface area contributed by atoms with Gasteiger partial charge in [0, 0.05) is 31.0 Å². The Bertz CT molecular complexity index is 532. The summed E-state index contributed by atoms with van der Waals surface area (Å²) >= 11 is 0. The van der Waals surface area contributed by atoms with E-state index in [1.165, 1.54) is 12.8 Å². The van der Waals surface area contributed by atoms with Gasteiger partial charge in [0.2, 0.25) is 0 Å². The van der Waals surface area contributed by atoms with Gasteiger partial charge in [-0.1, -0.05) is 12.8 Å². The number of nitrogens with zero attached hydrogens (tertiary/aromatic N) is 3. The first-order valence-electron chi connectivity index (χ1n) is 7.87. The van der Waals surface area contributed by atoms with Crippen molar-refractivity contribution < 1.29 is 0 Å². The quantitative estimate of drug-likeness (QED) is 0.925. The van der Waals surface area contributed by atoms with E-state index in [1.807, 2.05) is 27.8 Å². The van der Waals surface area contributed by atoms with Crippen molar-refractivity contribution in [1.82, 2.24) is 9.55 Å². The van der Waals surface area contributed by atoms with E-state index in [0.29, 0.717) is 24.3 Å². The van der Waals surface area contributed by atoms with E-state index in [9.17, 15) is 4.79 Å². The fourth-order valence-corrected chi connectivity index (χ4v) is 3.30. The van der Waals surface area contributed by atoms with Crippen molar-refractivity contribution >= 4 is 5.82 Å². The summed E-state index contributed by atoms with van der Waals surface area (Å²) in [4.78, 5) is 19.1. The number of hydrogen-bond acceptors (Lipinski definition) is 4. The van der Waals surface area contributed by atoms with Crippen LogP contribution < -0.4 is 16.2 Å². The molecule has 2 unspecified atom stereocenters. The summed E-state index contributed by atoms with van der Waals surface area (Å²) in [6.07, 6.45) is 8.15. The van der Waals surface area contributed by atoms with Crippen LogP contribution in [0.3, 0.4) is 0 Å². The molecule has 2 rings (SSSR count). The Labute approximate surface area is 127 Å². The smallest absolute Gasteiger partial charge is 0.293 e. The van der Waals surface area contributed by atoms with E-state index in [1.54, 1.807) is 17.0 Å². The molecule has 1 aromatic heterocycles. The molecule has 2 N–H and O–H groups in total. The maximum Gasteiger partial charge on any atom is 0.293 e. The highest BCUT2D eigenvalue weighted by Gasteiger charge is 2.30. The Hall–Kier alpha value is -1.36. The van der Waals surface area contributed by atoms with Gasteiger partial charge in [0.25, 0.3) is 5.56 Å². The maximum atomic E-state index is 12.7. The molecule has 1 aromatic rings. The first-order chi connectivity index (χ1) is 9.86. The summed E-state index contributed by atoms with van der Waals surface area (Å²) in [5.41, 5.74) is 5.66. The highest BCUT2D eigenvalue weighted by atomic mass is 16.1. The van der Waals surface area contributed by atoms with Crippen molar-refractivity contribution in [3.63, 3.8) is 0 Å². The first-order valence-corrected chi connectivity index (χ1v) is 7.87. The summed E-state index contributed by atoms with van der Waals surface area (Å²) in [5.74, 6) is 0.992. The topological polar surface area (TPSA) is 64.2 Å². The summed E-state index contributed by atoms with van der Waals surface area (Å²) in [7, 11) is 1.98. The largest absolute Gasteiger partial charge is 0.352 e. The normalized spacial score (nSPS) is 23.1. The van der Waals surface area contributed by atoms with Crippen LogP contribution in [0, 0.1) is 5.92 Å². The molecule has 118 valence electrons. The minimum Gasteiger partial charge on any atom is -0.352 e. The minimum absolute atomic E-state index is 0.0196. The van der Waals surface area contributed by atoms with Crippen molar-refractivity contribution in [3.05, 3.63) is 22.7 Å². The zero-order valence-electron chi connectivity index (χ0n) is 13.7. The van der Waals surface area contributed by atoms with Gasteiger partial charge >= 0.3 is 0 Å². The van der Waals surface area contributed by atoms with Crippen molar-refractivity contribution in [3.8, 4) is 0 Å². The van der Waals surface area contributed by atoms with Crippen molar-refractivity contribution in [1.29, 1.82) is 0 Å². The van der Waals surface area contributed by atoms with Gasteiger partial charge in [-0.3, -0.25) is 4.79 Å². The van der Waals surface area contributed by atoms with Gasteiger partial charge in [-0.25, -0.2) is 4.98 Å². The molecule has 1 aliphatic carbocycles. The molecule has 5 nitrogen and oxygen atoms in total. The van der Waals surface area contributed by atoms with Crippen molar-refractivity contribution in [2.24, 2.45) is 11.7 Å².